The Morgan fingerprint density at radius 3 is 2.32 bits per heavy atom. The molecule has 152 valence electrons. The van der Waals surface area contributed by atoms with E-state index >= 15 is 0 Å². The number of hydrogen-bond acceptors (Lipinski definition) is 5. The van der Waals surface area contributed by atoms with Crippen molar-refractivity contribution in [3.63, 3.8) is 0 Å². The van der Waals surface area contributed by atoms with Crippen LogP contribution in [0, 0.1) is 0 Å². The highest BCUT2D eigenvalue weighted by Crippen LogP contribution is 2.39. The molecule has 4 rings (SSSR count). The van der Waals surface area contributed by atoms with Gasteiger partial charge in [-0.2, -0.15) is 0 Å². The van der Waals surface area contributed by atoms with E-state index < -0.39 is 0 Å². The van der Waals surface area contributed by atoms with Gasteiger partial charge in [-0.3, -0.25) is 4.90 Å². The lowest BCUT2D eigenvalue weighted by molar-refractivity contribution is 0.0982. The van der Waals surface area contributed by atoms with E-state index in [1.54, 1.807) is 7.11 Å². The first-order valence-electron chi connectivity index (χ1n) is 10.3. The van der Waals surface area contributed by atoms with Crippen molar-refractivity contribution in [2.75, 3.05) is 64.1 Å². The van der Waals surface area contributed by atoms with Crippen molar-refractivity contribution in [3.05, 3.63) is 30.6 Å². The fraction of sp³-hybridized carbons (Fsp3) is 0.545. The highest BCUT2D eigenvalue weighted by atomic mass is 16.5. The lowest BCUT2D eigenvalue weighted by atomic mass is 9.98. The summed E-state index contributed by atoms with van der Waals surface area (Å²) in [5, 5.41) is 0. The van der Waals surface area contributed by atoms with E-state index in [0.717, 1.165) is 18.8 Å². The first kappa shape index (κ1) is 19.2. The van der Waals surface area contributed by atoms with Crippen LogP contribution in [-0.4, -0.2) is 73.8 Å². The molecule has 0 unspecified atom stereocenters. The number of piperazine rings is 1. The van der Waals surface area contributed by atoms with Crippen molar-refractivity contribution in [1.29, 1.82) is 0 Å². The van der Waals surface area contributed by atoms with Gasteiger partial charge < -0.3 is 24.8 Å². The Morgan fingerprint density at radius 2 is 1.71 bits per heavy atom. The number of nitrogen functional groups attached to an aromatic ring is 1. The molecule has 0 radical (unpaired) electrons. The predicted molar refractivity (Wildman–Crippen MR) is 116 cm³/mol. The zero-order chi connectivity index (χ0) is 19.7. The molecule has 2 aromatic rings. The average molecular weight is 384 g/mol. The Labute approximate surface area is 168 Å². The van der Waals surface area contributed by atoms with Gasteiger partial charge in [0.25, 0.3) is 0 Å². The quantitative estimate of drug-likeness (QED) is 0.822. The summed E-state index contributed by atoms with van der Waals surface area (Å²) in [6.45, 7) is 6.92. The van der Waals surface area contributed by atoms with Gasteiger partial charge in [0.1, 0.15) is 5.75 Å². The van der Waals surface area contributed by atoms with Crippen LogP contribution >= 0.6 is 0 Å². The Kier molecular flexibility index (Phi) is 5.51. The number of piperidine rings is 1. The number of nitrogens with zero attached hydrogens (tertiary/aromatic N) is 4. The molecule has 2 N–H and O–H groups in total. The number of aromatic nitrogens is 1. The predicted octanol–water partition coefficient (Wildman–Crippen LogP) is 2.50. The first-order chi connectivity index (χ1) is 13.5. The monoisotopic (exact) mass is 383 g/mol. The highest BCUT2D eigenvalue weighted by Gasteiger charge is 2.28. The summed E-state index contributed by atoms with van der Waals surface area (Å²) in [5.74, 6) is 0.760. The van der Waals surface area contributed by atoms with Crippen LogP contribution in [-0.2, 0) is 7.05 Å². The third-order valence-corrected chi connectivity index (χ3v) is 6.35. The molecule has 6 heteroatoms. The molecule has 2 fully saturated rings. The van der Waals surface area contributed by atoms with Gasteiger partial charge in [-0.25, -0.2) is 0 Å². The number of aryl methyl sites for hydroxylation is 1. The van der Waals surface area contributed by atoms with Crippen molar-refractivity contribution in [1.82, 2.24) is 14.4 Å². The zero-order valence-corrected chi connectivity index (χ0v) is 17.4. The molecule has 2 aliphatic heterocycles. The van der Waals surface area contributed by atoms with Gasteiger partial charge in [0.15, 0.2) is 0 Å². The lowest BCUT2D eigenvalue weighted by Gasteiger charge is -2.43. The van der Waals surface area contributed by atoms with Crippen LogP contribution < -0.4 is 15.4 Å². The van der Waals surface area contributed by atoms with Gasteiger partial charge >= 0.3 is 0 Å². The Morgan fingerprint density at radius 1 is 1.00 bits per heavy atom. The maximum absolute atomic E-state index is 6.24. The summed E-state index contributed by atoms with van der Waals surface area (Å²) < 4.78 is 7.61. The van der Waals surface area contributed by atoms with Gasteiger partial charge in [0.2, 0.25) is 0 Å². The van der Waals surface area contributed by atoms with Gasteiger partial charge in [-0.05, 0) is 32.0 Å². The highest BCUT2D eigenvalue weighted by molar-refractivity contribution is 5.84. The molecular formula is C22H33N5O. The van der Waals surface area contributed by atoms with E-state index in [-0.39, 0.29) is 0 Å². The molecule has 6 nitrogen and oxygen atoms in total. The number of likely N-dealkylation sites (N-methyl/N-ethyl adjacent to an activating group) is 1. The maximum Gasteiger partial charge on any atom is 0.143 e. The van der Waals surface area contributed by atoms with E-state index in [4.69, 9.17) is 10.5 Å². The van der Waals surface area contributed by atoms with Crippen molar-refractivity contribution in [3.8, 4) is 16.9 Å². The third kappa shape index (κ3) is 3.84. The van der Waals surface area contributed by atoms with Crippen LogP contribution in [0.25, 0.3) is 11.1 Å². The first-order valence-corrected chi connectivity index (χ1v) is 10.3. The third-order valence-electron chi connectivity index (χ3n) is 6.35. The SMILES string of the molecule is COc1cc(N2CCC(N3CCN(C)CC3)CC2)c(-c2ccn(C)c2)cc1N. The molecular weight excluding hydrogens is 350 g/mol. The smallest absolute Gasteiger partial charge is 0.143 e. The number of rotatable bonds is 4. The van der Waals surface area contributed by atoms with E-state index in [1.165, 1.54) is 55.8 Å². The number of anilines is 2. The minimum atomic E-state index is 0.692. The van der Waals surface area contributed by atoms with Crippen molar-refractivity contribution < 1.29 is 4.74 Å². The van der Waals surface area contributed by atoms with Crippen LogP contribution in [0.3, 0.4) is 0 Å². The summed E-state index contributed by atoms with van der Waals surface area (Å²) in [7, 11) is 5.97. The molecule has 3 heterocycles. The zero-order valence-electron chi connectivity index (χ0n) is 17.4. The second-order valence-electron chi connectivity index (χ2n) is 8.23. The summed E-state index contributed by atoms with van der Waals surface area (Å²) in [6, 6.07) is 7.05. The van der Waals surface area contributed by atoms with Crippen LogP contribution in [0.1, 0.15) is 12.8 Å². The Balaban J connectivity index is 1.54. The van der Waals surface area contributed by atoms with Crippen LogP contribution in [0.2, 0.25) is 0 Å². The molecule has 0 spiro atoms. The van der Waals surface area contributed by atoms with Gasteiger partial charge in [0.05, 0.1) is 12.8 Å². The minimum Gasteiger partial charge on any atom is -0.495 e. The summed E-state index contributed by atoms with van der Waals surface area (Å²) >= 11 is 0. The minimum absolute atomic E-state index is 0.692. The van der Waals surface area contributed by atoms with Crippen LogP contribution in [0.5, 0.6) is 5.75 Å². The van der Waals surface area contributed by atoms with Crippen molar-refractivity contribution in [2.24, 2.45) is 7.05 Å². The number of benzene rings is 1. The fourth-order valence-corrected chi connectivity index (χ4v) is 4.58. The molecule has 28 heavy (non-hydrogen) atoms. The van der Waals surface area contributed by atoms with E-state index in [0.29, 0.717) is 11.7 Å². The van der Waals surface area contributed by atoms with Crippen LogP contribution in [0.15, 0.2) is 30.6 Å². The summed E-state index contributed by atoms with van der Waals surface area (Å²) in [6.07, 6.45) is 6.66. The number of hydrogen-bond donors (Lipinski definition) is 1. The van der Waals surface area contributed by atoms with E-state index in [9.17, 15) is 0 Å². The standard InChI is InChI=1S/C22H33N5O/c1-24-10-12-26(13-11-24)18-5-8-27(9-6-18)21-15-22(28-3)20(23)14-19(21)17-4-7-25(2)16-17/h4,7,14-16,18H,5-6,8-13,23H2,1-3H3. The number of nitrogens with two attached hydrogens (primary N) is 1. The van der Waals surface area contributed by atoms with Gasteiger partial charge in [-0.15, -0.1) is 0 Å². The average Bonchev–Trinajstić information content (AvgIpc) is 3.15. The van der Waals surface area contributed by atoms with Crippen molar-refractivity contribution in [2.45, 2.75) is 18.9 Å². The molecule has 0 aliphatic carbocycles. The van der Waals surface area contributed by atoms with Crippen molar-refractivity contribution >= 4 is 11.4 Å². The molecule has 1 aromatic heterocycles. The molecule has 0 bridgehead atoms. The molecule has 0 atom stereocenters. The van der Waals surface area contributed by atoms with E-state index in [1.807, 2.05) is 0 Å². The molecule has 1 aromatic carbocycles. The normalized spacial score (nSPS) is 19.9. The number of methoxy groups -OCH3 is 1. The Bertz CT molecular complexity index is 801. The number of ether oxygens (including phenoxy) is 1. The van der Waals surface area contributed by atoms with Gasteiger partial charge in [-0.1, -0.05) is 0 Å². The molecule has 2 saturated heterocycles. The van der Waals surface area contributed by atoms with E-state index in [2.05, 4.69) is 64.0 Å². The largest absolute Gasteiger partial charge is 0.495 e. The summed E-state index contributed by atoms with van der Waals surface area (Å²) in [5.41, 5.74) is 10.6. The maximum atomic E-state index is 6.24. The molecule has 0 saturated carbocycles. The Hall–Kier alpha value is -2.18. The van der Waals surface area contributed by atoms with Crippen LogP contribution in [0.4, 0.5) is 11.4 Å². The van der Waals surface area contributed by atoms with Gasteiger partial charge in [0, 0.05) is 87.6 Å². The lowest BCUT2D eigenvalue weighted by Crippen LogP contribution is -2.52. The summed E-state index contributed by atoms with van der Waals surface area (Å²) in [4.78, 5) is 7.63. The second kappa shape index (κ2) is 8.05. The second-order valence-corrected chi connectivity index (χ2v) is 8.23. The molecule has 2 aliphatic rings. The molecule has 0 amide bonds. The fourth-order valence-electron chi connectivity index (χ4n) is 4.58. The topological polar surface area (TPSA) is 49.9 Å².